The van der Waals surface area contributed by atoms with Crippen molar-refractivity contribution in [2.75, 3.05) is 5.75 Å². The first-order valence-corrected chi connectivity index (χ1v) is 8.76. The first-order chi connectivity index (χ1) is 9.47. The standard InChI is InChI=1S/C16H21NOS2/c1-16(2,3)15-17-13(10-20-15)9-19-11-14(18)12-7-5-4-6-8-12/h4-8,10,14,18H,9,11H2,1-3H3. The van der Waals surface area contributed by atoms with E-state index in [-0.39, 0.29) is 5.41 Å². The van der Waals surface area contributed by atoms with Gasteiger partial charge in [0.1, 0.15) is 0 Å². The molecule has 1 unspecified atom stereocenters. The minimum Gasteiger partial charge on any atom is -0.388 e. The molecule has 20 heavy (non-hydrogen) atoms. The van der Waals surface area contributed by atoms with Gasteiger partial charge in [0.25, 0.3) is 0 Å². The molecule has 0 saturated carbocycles. The van der Waals surface area contributed by atoms with E-state index in [0.29, 0.717) is 5.75 Å². The van der Waals surface area contributed by atoms with Gasteiger partial charge in [0, 0.05) is 22.3 Å². The summed E-state index contributed by atoms with van der Waals surface area (Å²) in [6.45, 7) is 6.55. The molecule has 1 heterocycles. The topological polar surface area (TPSA) is 33.1 Å². The summed E-state index contributed by atoms with van der Waals surface area (Å²) in [4.78, 5) is 4.67. The van der Waals surface area contributed by atoms with Gasteiger partial charge in [-0.2, -0.15) is 11.8 Å². The van der Waals surface area contributed by atoms with Gasteiger partial charge in [-0.05, 0) is 5.56 Å². The second-order valence-electron chi connectivity index (χ2n) is 5.84. The number of aliphatic hydroxyl groups is 1. The van der Waals surface area contributed by atoms with Gasteiger partial charge < -0.3 is 5.11 Å². The summed E-state index contributed by atoms with van der Waals surface area (Å²) in [7, 11) is 0. The van der Waals surface area contributed by atoms with Crippen molar-refractivity contribution in [1.82, 2.24) is 4.98 Å². The monoisotopic (exact) mass is 307 g/mol. The second kappa shape index (κ2) is 6.74. The lowest BCUT2D eigenvalue weighted by molar-refractivity contribution is 0.204. The van der Waals surface area contributed by atoms with Crippen molar-refractivity contribution in [3.05, 3.63) is 52.0 Å². The highest BCUT2D eigenvalue weighted by Gasteiger charge is 2.18. The van der Waals surface area contributed by atoms with Crippen molar-refractivity contribution in [2.45, 2.75) is 38.0 Å². The molecular formula is C16H21NOS2. The fourth-order valence-electron chi connectivity index (χ4n) is 1.76. The molecule has 1 atom stereocenters. The van der Waals surface area contributed by atoms with Gasteiger partial charge in [-0.15, -0.1) is 11.3 Å². The average molecular weight is 307 g/mol. The van der Waals surface area contributed by atoms with Crippen LogP contribution in [0.15, 0.2) is 35.7 Å². The summed E-state index contributed by atoms with van der Waals surface area (Å²) >= 11 is 3.45. The molecule has 1 aromatic carbocycles. The summed E-state index contributed by atoms with van der Waals surface area (Å²) in [5, 5.41) is 13.4. The number of rotatable bonds is 5. The highest BCUT2D eigenvalue weighted by atomic mass is 32.2. The zero-order valence-electron chi connectivity index (χ0n) is 12.2. The number of nitrogens with zero attached hydrogens (tertiary/aromatic N) is 1. The first-order valence-electron chi connectivity index (χ1n) is 6.72. The Morgan fingerprint density at radius 1 is 1.25 bits per heavy atom. The number of benzene rings is 1. The maximum Gasteiger partial charge on any atom is 0.0982 e. The number of aliphatic hydroxyl groups excluding tert-OH is 1. The van der Waals surface area contributed by atoms with Crippen LogP contribution >= 0.6 is 23.1 Å². The number of hydrogen-bond donors (Lipinski definition) is 1. The predicted molar refractivity (Wildman–Crippen MR) is 88.4 cm³/mol. The van der Waals surface area contributed by atoms with Crippen LogP contribution in [0.1, 0.15) is 43.1 Å². The fraction of sp³-hybridized carbons (Fsp3) is 0.438. The smallest absolute Gasteiger partial charge is 0.0982 e. The van der Waals surface area contributed by atoms with E-state index in [1.165, 1.54) is 5.01 Å². The van der Waals surface area contributed by atoms with E-state index in [9.17, 15) is 5.11 Å². The minimum absolute atomic E-state index is 0.122. The third-order valence-corrected chi connectivity index (χ3v) is 5.27. The lowest BCUT2D eigenvalue weighted by atomic mass is 9.98. The van der Waals surface area contributed by atoms with Crippen LogP contribution in [0, 0.1) is 0 Å². The van der Waals surface area contributed by atoms with E-state index in [1.807, 2.05) is 30.3 Å². The SMILES string of the molecule is CC(C)(C)c1nc(CSCC(O)c2ccccc2)cs1. The van der Waals surface area contributed by atoms with Gasteiger partial charge in [0.2, 0.25) is 0 Å². The Bertz CT molecular complexity index is 531. The van der Waals surface area contributed by atoms with Crippen molar-refractivity contribution in [3.63, 3.8) is 0 Å². The van der Waals surface area contributed by atoms with E-state index in [2.05, 4.69) is 31.1 Å². The van der Waals surface area contributed by atoms with Crippen LogP contribution in [0.4, 0.5) is 0 Å². The van der Waals surface area contributed by atoms with Crippen molar-refractivity contribution in [2.24, 2.45) is 0 Å². The van der Waals surface area contributed by atoms with Gasteiger partial charge in [-0.25, -0.2) is 4.98 Å². The Hall–Kier alpha value is -0.840. The molecule has 0 aliphatic carbocycles. The Morgan fingerprint density at radius 3 is 2.55 bits per heavy atom. The van der Waals surface area contributed by atoms with Crippen LogP contribution in [-0.4, -0.2) is 15.8 Å². The van der Waals surface area contributed by atoms with Crippen molar-refractivity contribution in [3.8, 4) is 0 Å². The Kier molecular flexibility index (Phi) is 5.24. The lowest BCUT2D eigenvalue weighted by Crippen LogP contribution is -2.10. The fourth-order valence-corrected chi connectivity index (χ4v) is 3.67. The van der Waals surface area contributed by atoms with Crippen LogP contribution in [0.25, 0.3) is 0 Å². The summed E-state index contributed by atoms with van der Waals surface area (Å²) < 4.78 is 0. The molecule has 4 heteroatoms. The molecule has 1 N–H and O–H groups in total. The molecule has 2 rings (SSSR count). The maximum absolute atomic E-state index is 10.1. The van der Waals surface area contributed by atoms with Crippen LogP contribution in [0.2, 0.25) is 0 Å². The highest BCUT2D eigenvalue weighted by molar-refractivity contribution is 7.98. The van der Waals surface area contributed by atoms with Gasteiger partial charge >= 0.3 is 0 Å². The summed E-state index contributed by atoms with van der Waals surface area (Å²) in [6.07, 6.45) is -0.401. The van der Waals surface area contributed by atoms with Crippen molar-refractivity contribution < 1.29 is 5.11 Å². The van der Waals surface area contributed by atoms with Gasteiger partial charge in [-0.1, -0.05) is 51.1 Å². The molecule has 2 nitrogen and oxygen atoms in total. The molecular weight excluding hydrogens is 286 g/mol. The number of aromatic nitrogens is 1. The maximum atomic E-state index is 10.1. The number of thioether (sulfide) groups is 1. The van der Waals surface area contributed by atoms with E-state index in [4.69, 9.17) is 0 Å². The molecule has 0 bridgehead atoms. The van der Waals surface area contributed by atoms with Crippen molar-refractivity contribution >= 4 is 23.1 Å². The Morgan fingerprint density at radius 2 is 1.95 bits per heavy atom. The second-order valence-corrected chi connectivity index (χ2v) is 7.72. The zero-order chi connectivity index (χ0) is 14.6. The molecule has 0 radical (unpaired) electrons. The average Bonchev–Trinajstić information content (AvgIpc) is 2.88. The molecule has 1 aromatic heterocycles. The Labute approximate surface area is 129 Å². The van der Waals surface area contributed by atoms with Crippen LogP contribution in [-0.2, 0) is 11.2 Å². The predicted octanol–water partition coefficient (Wildman–Crippen LogP) is 4.41. The third-order valence-electron chi connectivity index (χ3n) is 2.90. The van der Waals surface area contributed by atoms with Gasteiger partial charge in [0.15, 0.2) is 0 Å². The van der Waals surface area contributed by atoms with E-state index in [1.54, 1.807) is 23.1 Å². The molecule has 0 spiro atoms. The molecule has 0 amide bonds. The molecule has 108 valence electrons. The van der Waals surface area contributed by atoms with Crippen LogP contribution in [0.5, 0.6) is 0 Å². The number of thiazole rings is 1. The molecule has 0 aliphatic heterocycles. The largest absolute Gasteiger partial charge is 0.388 e. The van der Waals surface area contributed by atoms with E-state index >= 15 is 0 Å². The highest BCUT2D eigenvalue weighted by Crippen LogP contribution is 2.27. The van der Waals surface area contributed by atoms with Crippen LogP contribution in [0.3, 0.4) is 0 Å². The summed E-state index contributed by atoms with van der Waals surface area (Å²) in [5.41, 5.74) is 2.22. The van der Waals surface area contributed by atoms with E-state index < -0.39 is 6.10 Å². The Balaban J connectivity index is 1.83. The molecule has 0 aliphatic rings. The summed E-state index contributed by atoms with van der Waals surface area (Å²) in [5.74, 6) is 1.56. The molecule has 0 saturated heterocycles. The van der Waals surface area contributed by atoms with Gasteiger partial charge in [0.05, 0.1) is 16.8 Å². The molecule has 2 aromatic rings. The number of hydrogen-bond acceptors (Lipinski definition) is 4. The normalized spacial score (nSPS) is 13.4. The van der Waals surface area contributed by atoms with Crippen molar-refractivity contribution in [1.29, 1.82) is 0 Å². The zero-order valence-corrected chi connectivity index (χ0v) is 13.8. The quantitative estimate of drug-likeness (QED) is 0.888. The first kappa shape index (κ1) is 15.5. The summed E-state index contributed by atoms with van der Waals surface area (Å²) in [6, 6.07) is 9.81. The van der Waals surface area contributed by atoms with Gasteiger partial charge in [-0.3, -0.25) is 0 Å². The minimum atomic E-state index is -0.401. The van der Waals surface area contributed by atoms with E-state index in [0.717, 1.165) is 17.0 Å². The lowest BCUT2D eigenvalue weighted by Gasteiger charge is -2.13. The third kappa shape index (κ3) is 4.33. The molecule has 0 fully saturated rings. The van der Waals surface area contributed by atoms with Crippen LogP contribution < -0.4 is 0 Å².